The second-order valence-corrected chi connectivity index (χ2v) is 6.24. The third-order valence-electron chi connectivity index (χ3n) is 2.49. The maximum Gasteiger partial charge on any atom is 0.238 e. The maximum absolute atomic E-state index is 11.3. The van der Waals surface area contributed by atoms with Crippen LogP contribution in [0.5, 0.6) is 11.6 Å². The molecule has 2 rings (SSSR count). The van der Waals surface area contributed by atoms with Crippen molar-refractivity contribution >= 4 is 9.84 Å². The van der Waals surface area contributed by atoms with Gasteiger partial charge in [-0.1, -0.05) is 0 Å². The lowest BCUT2D eigenvalue weighted by Gasteiger charge is -2.06. The lowest BCUT2D eigenvalue weighted by atomic mass is 10.3. The summed E-state index contributed by atoms with van der Waals surface area (Å²) in [5, 5.41) is 2.97. The maximum atomic E-state index is 11.3. The molecule has 0 fully saturated rings. The zero-order chi connectivity index (χ0) is 14.6. The van der Waals surface area contributed by atoms with E-state index in [1.807, 2.05) is 7.05 Å². The van der Waals surface area contributed by atoms with E-state index < -0.39 is 9.84 Å². The van der Waals surface area contributed by atoms with Gasteiger partial charge in [0.1, 0.15) is 5.75 Å². The zero-order valence-electron chi connectivity index (χ0n) is 11.2. The topological polar surface area (TPSA) is 81.2 Å². The molecule has 1 heterocycles. The van der Waals surface area contributed by atoms with Crippen LogP contribution in [0.15, 0.2) is 41.6 Å². The predicted octanol–water partition coefficient (Wildman–Crippen LogP) is 1.39. The number of aromatic nitrogens is 2. The molecule has 6 nitrogen and oxygen atoms in total. The van der Waals surface area contributed by atoms with Gasteiger partial charge in [0.2, 0.25) is 5.88 Å². The number of benzene rings is 1. The Hall–Kier alpha value is -1.99. The van der Waals surface area contributed by atoms with Crippen molar-refractivity contribution in [1.29, 1.82) is 0 Å². The van der Waals surface area contributed by atoms with Crippen molar-refractivity contribution in [1.82, 2.24) is 15.3 Å². The van der Waals surface area contributed by atoms with E-state index in [4.69, 9.17) is 4.74 Å². The number of hydrogen-bond donors (Lipinski definition) is 1. The largest absolute Gasteiger partial charge is 0.437 e. The summed E-state index contributed by atoms with van der Waals surface area (Å²) >= 11 is 0. The molecule has 0 saturated carbocycles. The van der Waals surface area contributed by atoms with Crippen molar-refractivity contribution < 1.29 is 13.2 Å². The van der Waals surface area contributed by atoms with E-state index in [9.17, 15) is 8.42 Å². The van der Waals surface area contributed by atoms with Gasteiger partial charge < -0.3 is 10.1 Å². The Morgan fingerprint density at radius 3 is 2.50 bits per heavy atom. The number of nitrogens with zero attached hydrogens (tertiary/aromatic N) is 2. The summed E-state index contributed by atoms with van der Waals surface area (Å²) < 4.78 is 28.2. The fourth-order valence-electron chi connectivity index (χ4n) is 1.58. The second-order valence-electron chi connectivity index (χ2n) is 4.22. The van der Waals surface area contributed by atoms with Gasteiger partial charge in [0.25, 0.3) is 0 Å². The summed E-state index contributed by atoms with van der Waals surface area (Å²) in [5.41, 5.74) is 0.762. The van der Waals surface area contributed by atoms with Crippen LogP contribution in [0, 0.1) is 0 Å². The monoisotopic (exact) mass is 293 g/mol. The molecule has 106 valence electrons. The van der Waals surface area contributed by atoms with Crippen molar-refractivity contribution in [3.05, 3.63) is 42.4 Å². The highest BCUT2D eigenvalue weighted by Crippen LogP contribution is 2.21. The summed E-state index contributed by atoms with van der Waals surface area (Å²) in [6.45, 7) is 0.594. The molecule has 20 heavy (non-hydrogen) atoms. The zero-order valence-corrected chi connectivity index (χ0v) is 12.0. The average molecular weight is 293 g/mol. The van der Waals surface area contributed by atoms with Gasteiger partial charge in [-0.25, -0.2) is 13.4 Å². The minimum Gasteiger partial charge on any atom is -0.437 e. The number of nitrogens with one attached hydrogen (secondary N) is 1. The summed E-state index contributed by atoms with van der Waals surface area (Å²) in [6.07, 6.45) is 4.31. The Morgan fingerprint density at radius 1 is 1.20 bits per heavy atom. The van der Waals surface area contributed by atoms with Crippen molar-refractivity contribution in [3.8, 4) is 11.6 Å². The third kappa shape index (κ3) is 3.75. The van der Waals surface area contributed by atoms with Crippen molar-refractivity contribution in [3.63, 3.8) is 0 Å². The summed E-state index contributed by atoms with van der Waals surface area (Å²) in [5.74, 6) is 0.873. The SMILES string of the molecule is CNCc1cncc(Oc2ccc(S(C)(=O)=O)cc2)n1. The van der Waals surface area contributed by atoms with Crippen LogP contribution in [0.25, 0.3) is 0 Å². The Labute approximate surface area is 117 Å². The summed E-state index contributed by atoms with van der Waals surface area (Å²) in [7, 11) is -1.38. The molecular weight excluding hydrogens is 278 g/mol. The first-order chi connectivity index (χ1) is 9.49. The molecule has 0 aliphatic heterocycles. The van der Waals surface area contributed by atoms with Gasteiger partial charge in [0.15, 0.2) is 9.84 Å². The standard InChI is InChI=1S/C13H15N3O3S/c1-14-7-10-8-15-9-13(16-10)19-11-3-5-12(6-4-11)20(2,17)18/h3-6,8-9,14H,7H2,1-2H3. The molecule has 2 aromatic rings. The van der Waals surface area contributed by atoms with Crippen LogP contribution in [0.3, 0.4) is 0 Å². The van der Waals surface area contributed by atoms with Gasteiger partial charge in [-0.15, -0.1) is 0 Å². The van der Waals surface area contributed by atoms with Crippen LogP contribution in [-0.2, 0) is 16.4 Å². The average Bonchev–Trinajstić information content (AvgIpc) is 2.39. The van der Waals surface area contributed by atoms with E-state index in [1.54, 1.807) is 18.3 Å². The molecule has 0 saturated heterocycles. The van der Waals surface area contributed by atoms with Gasteiger partial charge in [-0.05, 0) is 31.3 Å². The Morgan fingerprint density at radius 2 is 1.90 bits per heavy atom. The molecule has 1 aromatic heterocycles. The first-order valence-corrected chi connectivity index (χ1v) is 7.81. The normalized spacial score (nSPS) is 11.3. The van der Waals surface area contributed by atoms with Crippen LogP contribution in [0.4, 0.5) is 0 Å². The van der Waals surface area contributed by atoms with Crippen molar-refractivity contribution in [2.24, 2.45) is 0 Å². The number of rotatable bonds is 5. The van der Waals surface area contributed by atoms with Crippen LogP contribution < -0.4 is 10.1 Å². The molecule has 0 aliphatic rings. The van der Waals surface area contributed by atoms with Crippen LogP contribution in [0.1, 0.15) is 5.69 Å². The number of ether oxygens (including phenoxy) is 1. The lowest BCUT2D eigenvalue weighted by molar-refractivity contribution is 0.456. The Kier molecular flexibility index (Phi) is 4.31. The van der Waals surface area contributed by atoms with E-state index in [-0.39, 0.29) is 4.90 Å². The molecule has 0 aliphatic carbocycles. The molecule has 1 aromatic carbocycles. The molecule has 7 heteroatoms. The highest BCUT2D eigenvalue weighted by molar-refractivity contribution is 7.90. The third-order valence-corrected chi connectivity index (χ3v) is 3.62. The Bertz CT molecular complexity index is 684. The van der Waals surface area contributed by atoms with Gasteiger partial charge in [-0.3, -0.25) is 4.98 Å². The van der Waals surface area contributed by atoms with Crippen LogP contribution in [0.2, 0.25) is 0 Å². The summed E-state index contributed by atoms with van der Waals surface area (Å²) in [6, 6.07) is 6.16. The van der Waals surface area contributed by atoms with E-state index >= 15 is 0 Å². The number of hydrogen-bond acceptors (Lipinski definition) is 6. The molecule has 0 bridgehead atoms. The van der Waals surface area contributed by atoms with Crippen molar-refractivity contribution in [2.45, 2.75) is 11.4 Å². The minimum atomic E-state index is -3.20. The molecule has 0 spiro atoms. The first kappa shape index (κ1) is 14.4. The second kappa shape index (κ2) is 5.98. The molecule has 1 N–H and O–H groups in total. The fraction of sp³-hybridized carbons (Fsp3) is 0.231. The molecule has 0 atom stereocenters. The van der Waals surface area contributed by atoms with Crippen LogP contribution in [-0.4, -0.2) is 31.7 Å². The lowest BCUT2D eigenvalue weighted by Crippen LogP contribution is -2.07. The highest BCUT2D eigenvalue weighted by Gasteiger charge is 2.07. The highest BCUT2D eigenvalue weighted by atomic mass is 32.2. The molecule has 0 amide bonds. The van der Waals surface area contributed by atoms with Gasteiger partial charge >= 0.3 is 0 Å². The summed E-state index contributed by atoms with van der Waals surface area (Å²) in [4.78, 5) is 8.55. The van der Waals surface area contributed by atoms with E-state index in [0.29, 0.717) is 18.2 Å². The fourth-order valence-corrected chi connectivity index (χ4v) is 2.21. The van der Waals surface area contributed by atoms with Gasteiger partial charge in [-0.2, -0.15) is 0 Å². The number of sulfone groups is 1. The first-order valence-electron chi connectivity index (χ1n) is 5.92. The molecule has 0 radical (unpaired) electrons. The van der Waals surface area contributed by atoms with Gasteiger partial charge in [0, 0.05) is 19.0 Å². The smallest absolute Gasteiger partial charge is 0.238 e. The van der Waals surface area contributed by atoms with E-state index in [0.717, 1.165) is 11.9 Å². The van der Waals surface area contributed by atoms with Crippen molar-refractivity contribution in [2.75, 3.05) is 13.3 Å². The predicted molar refractivity (Wildman–Crippen MR) is 74.4 cm³/mol. The minimum absolute atomic E-state index is 0.250. The van der Waals surface area contributed by atoms with Crippen LogP contribution >= 0.6 is 0 Å². The molecule has 0 unspecified atom stereocenters. The quantitative estimate of drug-likeness (QED) is 0.897. The van der Waals surface area contributed by atoms with E-state index in [1.165, 1.54) is 18.3 Å². The molecular formula is C13H15N3O3S. The van der Waals surface area contributed by atoms with Gasteiger partial charge in [0.05, 0.1) is 16.8 Å². The van der Waals surface area contributed by atoms with E-state index in [2.05, 4.69) is 15.3 Å². The Balaban J connectivity index is 2.16.